The maximum absolute atomic E-state index is 12.1. The van der Waals surface area contributed by atoms with E-state index < -0.39 is 0 Å². The van der Waals surface area contributed by atoms with Crippen LogP contribution in [0.3, 0.4) is 0 Å². The van der Waals surface area contributed by atoms with Crippen LogP contribution in [0.1, 0.15) is 18.4 Å². The number of ether oxygens (including phenoxy) is 1. The summed E-state index contributed by atoms with van der Waals surface area (Å²) in [4.78, 5) is 12.1. The van der Waals surface area contributed by atoms with Crippen LogP contribution in [0.15, 0.2) is 41.8 Å². The summed E-state index contributed by atoms with van der Waals surface area (Å²) in [5.41, 5.74) is 1.09. The van der Waals surface area contributed by atoms with Gasteiger partial charge in [0.2, 0.25) is 0 Å². The van der Waals surface area contributed by atoms with Gasteiger partial charge in [-0.1, -0.05) is 49.0 Å². The molecule has 0 saturated carbocycles. The van der Waals surface area contributed by atoms with Crippen molar-refractivity contribution in [3.05, 3.63) is 42.2 Å². The number of hydrogen-bond donors (Lipinski definition) is 0. The van der Waals surface area contributed by atoms with E-state index in [-0.39, 0.29) is 17.1 Å². The average Bonchev–Trinajstić information content (AvgIpc) is 2.89. The average molecular weight is 291 g/mol. The molecule has 0 N–H and O–H groups in total. The Bertz CT molecular complexity index is 571. The number of carbonyl (C=O) groups excluding carboxylic acids is 1. The van der Waals surface area contributed by atoms with E-state index in [2.05, 4.69) is 10.2 Å². The van der Waals surface area contributed by atoms with Crippen LogP contribution in [-0.4, -0.2) is 33.1 Å². The number of aryl methyl sites for hydroxylation is 1. The summed E-state index contributed by atoms with van der Waals surface area (Å²) in [6, 6.07) is 9.91. The molecule has 6 heteroatoms. The lowest BCUT2D eigenvalue weighted by Gasteiger charge is -2.21. The molecule has 0 aliphatic heterocycles. The molecular weight excluding hydrogens is 274 g/mol. The maximum atomic E-state index is 12.1. The molecule has 0 aliphatic carbocycles. The number of methoxy groups -OCH3 is 1. The molecule has 0 fully saturated rings. The molecule has 0 aliphatic rings. The van der Waals surface area contributed by atoms with Gasteiger partial charge in [-0.15, -0.1) is 10.2 Å². The molecule has 0 unspecified atom stereocenters. The zero-order valence-corrected chi connectivity index (χ0v) is 12.5. The van der Waals surface area contributed by atoms with Crippen molar-refractivity contribution in [2.45, 2.75) is 23.2 Å². The molecule has 106 valence electrons. The predicted molar refractivity (Wildman–Crippen MR) is 77.5 cm³/mol. The maximum Gasteiger partial charge on any atom is 0.319 e. The SMILES string of the molecule is COC(=O)[C@H](Sc1nncn1C)[C@@H](C)c1ccccc1. The van der Waals surface area contributed by atoms with E-state index in [1.807, 2.05) is 44.3 Å². The number of carbonyl (C=O) groups is 1. The summed E-state index contributed by atoms with van der Waals surface area (Å²) in [5.74, 6) is -0.236. The van der Waals surface area contributed by atoms with Gasteiger partial charge >= 0.3 is 5.97 Å². The molecular formula is C14H17N3O2S. The van der Waals surface area contributed by atoms with Gasteiger partial charge in [0.05, 0.1) is 7.11 Å². The van der Waals surface area contributed by atoms with Crippen molar-refractivity contribution in [3.8, 4) is 0 Å². The summed E-state index contributed by atoms with van der Waals surface area (Å²) >= 11 is 1.37. The van der Waals surface area contributed by atoms with Gasteiger partial charge in [0.15, 0.2) is 5.16 Å². The number of nitrogens with zero attached hydrogens (tertiary/aromatic N) is 3. The van der Waals surface area contributed by atoms with Crippen molar-refractivity contribution in [3.63, 3.8) is 0 Å². The first kappa shape index (κ1) is 14.6. The zero-order valence-electron chi connectivity index (χ0n) is 11.7. The Hall–Kier alpha value is -1.82. The van der Waals surface area contributed by atoms with E-state index in [4.69, 9.17) is 4.74 Å². The fraction of sp³-hybridized carbons (Fsp3) is 0.357. The Morgan fingerprint density at radius 3 is 2.60 bits per heavy atom. The molecule has 20 heavy (non-hydrogen) atoms. The molecule has 5 nitrogen and oxygen atoms in total. The normalized spacial score (nSPS) is 13.8. The Morgan fingerprint density at radius 1 is 1.35 bits per heavy atom. The van der Waals surface area contributed by atoms with Crippen LogP contribution in [-0.2, 0) is 16.6 Å². The van der Waals surface area contributed by atoms with Gasteiger partial charge in [-0.25, -0.2) is 0 Å². The lowest BCUT2D eigenvalue weighted by atomic mass is 9.97. The lowest BCUT2D eigenvalue weighted by molar-refractivity contribution is -0.140. The number of benzene rings is 1. The summed E-state index contributed by atoms with van der Waals surface area (Å²) in [5, 5.41) is 8.19. The Kier molecular flexibility index (Phi) is 4.79. The smallest absolute Gasteiger partial charge is 0.319 e. The van der Waals surface area contributed by atoms with Crippen LogP contribution in [0, 0.1) is 0 Å². The monoisotopic (exact) mass is 291 g/mol. The van der Waals surface area contributed by atoms with Gasteiger partial charge < -0.3 is 9.30 Å². The second-order valence-corrected chi connectivity index (χ2v) is 5.59. The number of hydrogen-bond acceptors (Lipinski definition) is 5. The Morgan fingerprint density at radius 2 is 2.05 bits per heavy atom. The van der Waals surface area contributed by atoms with Gasteiger partial charge in [0.1, 0.15) is 11.6 Å². The number of rotatable bonds is 5. The Balaban J connectivity index is 2.24. The predicted octanol–water partition coefficient (Wildman–Crippen LogP) is 2.25. The van der Waals surface area contributed by atoms with Crippen LogP contribution in [0.5, 0.6) is 0 Å². The van der Waals surface area contributed by atoms with Crippen LogP contribution < -0.4 is 0 Å². The largest absolute Gasteiger partial charge is 0.468 e. The van der Waals surface area contributed by atoms with E-state index in [0.717, 1.165) is 5.56 Å². The topological polar surface area (TPSA) is 57.0 Å². The number of thioether (sulfide) groups is 1. The van der Waals surface area contributed by atoms with E-state index in [0.29, 0.717) is 5.16 Å². The molecule has 2 atom stereocenters. The summed E-state index contributed by atoms with van der Waals surface area (Å²) in [7, 11) is 3.26. The van der Waals surface area contributed by atoms with E-state index in [1.165, 1.54) is 18.9 Å². The minimum atomic E-state index is -0.356. The molecule has 2 aromatic rings. The molecule has 1 aromatic carbocycles. The highest BCUT2D eigenvalue weighted by molar-refractivity contribution is 8.00. The second-order valence-electron chi connectivity index (χ2n) is 4.49. The first-order chi connectivity index (χ1) is 9.63. The molecule has 0 spiro atoms. The van der Waals surface area contributed by atoms with Gasteiger partial charge in [-0.05, 0) is 5.56 Å². The van der Waals surface area contributed by atoms with Crippen LogP contribution in [0.2, 0.25) is 0 Å². The lowest BCUT2D eigenvalue weighted by Crippen LogP contribution is -2.25. The van der Waals surface area contributed by atoms with Crippen LogP contribution in [0.25, 0.3) is 0 Å². The molecule has 0 saturated heterocycles. The van der Waals surface area contributed by atoms with Gasteiger partial charge in [-0.2, -0.15) is 0 Å². The molecule has 2 rings (SSSR count). The molecule has 0 bridgehead atoms. The minimum Gasteiger partial charge on any atom is -0.468 e. The quantitative estimate of drug-likeness (QED) is 0.624. The molecule has 1 aromatic heterocycles. The summed E-state index contributed by atoms with van der Waals surface area (Å²) < 4.78 is 6.72. The number of esters is 1. The molecule has 1 heterocycles. The fourth-order valence-electron chi connectivity index (χ4n) is 1.89. The minimum absolute atomic E-state index is 0.0188. The molecule has 0 amide bonds. The zero-order chi connectivity index (χ0) is 14.5. The van der Waals surface area contributed by atoms with Crippen molar-refractivity contribution >= 4 is 17.7 Å². The number of aromatic nitrogens is 3. The van der Waals surface area contributed by atoms with Crippen molar-refractivity contribution in [2.75, 3.05) is 7.11 Å². The van der Waals surface area contributed by atoms with Crippen molar-refractivity contribution in [1.29, 1.82) is 0 Å². The van der Waals surface area contributed by atoms with Crippen molar-refractivity contribution < 1.29 is 9.53 Å². The first-order valence-electron chi connectivity index (χ1n) is 6.27. The second kappa shape index (κ2) is 6.56. The van der Waals surface area contributed by atoms with Crippen LogP contribution in [0.4, 0.5) is 0 Å². The van der Waals surface area contributed by atoms with E-state index in [1.54, 1.807) is 10.9 Å². The Labute approximate surface area is 122 Å². The molecule has 0 radical (unpaired) electrons. The van der Waals surface area contributed by atoms with Crippen LogP contribution >= 0.6 is 11.8 Å². The van der Waals surface area contributed by atoms with Gasteiger partial charge in [-0.3, -0.25) is 4.79 Å². The van der Waals surface area contributed by atoms with E-state index in [9.17, 15) is 4.79 Å². The highest BCUT2D eigenvalue weighted by atomic mass is 32.2. The third-order valence-corrected chi connectivity index (χ3v) is 4.55. The van der Waals surface area contributed by atoms with Crippen molar-refractivity contribution in [1.82, 2.24) is 14.8 Å². The highest BCUT2D eigenvalue weighted by Gasteiger charge is 2.29. The van der Waals surface area contributed by atoms with E-state index >= 15 is 0 Å². The summed E-state index contributed by atoms with van der Waals surface area (Å²) in [6.45, 7) is 2.01. The fourth-order valence-corrected chi connectivity index (χ4v) is 2.98. The van der Waals surface area contributed by atoms with Gasteiger partial charge in [0, 0.05) is 13.0 Å². The first-order valence-corrected chi connectivity index (χ1v) is 7.15. The van der Waals surface area contributed by atoms with Gasteiger partial charge in [0.25, 0.3) is 0 Å². The van der Waals surface area contributed by atoms with Crippen molar-refractivity contribution in [2.24, 2.45) is 7.05 Å². The summed E-state index contributed by atoms with van der Waals surface area (Å²) in [6.07, 6.45) is 1.61. The standard InChI is InChI=1S/C14H17N3O2S/c1-10(11-7-5-4-6-8-11)12(13(18)19-3)20-14-16-15-9-17(14)2/h4-10,12H,1-3H3/t10-,12+/m0/s1. The highest BCUT2D eigenvalue weighted by Crippen LogP contribution is 2.33. The third kappa shape index (κ3) is 3.19. The third-order valence-electron chi connectivity index (χ3n) is 3.12.